The lowest BCUT2D eigenvalue weighted by Gasteiger charge is -2.13. The first-order chi connectivity index (χ1) is 7.75. The predicted molar refractivity (Wildman–Crippen MR) is 62.4 cm³/mol. The van der Waals surface area contributed by atoms with Crippen molar-refractivity contribution < 1.29 is 4.39 Å². The Bertz CT molecular complexity index is 437. The molecule has 0 radical (unpaired) electrons. The number of rotatable bonds is 4. The minimum atomic E-state index is -0.187. The van der Waals surface area contributed by atoms with E-state index in [1.807, 2.05) is 31.5 Å². The molecule has 0 amide bonds. The van der Waals surface area contributed by atoms with E-state index in [0.29, 0.717) is 0 Å². The van der Waals surface area contributed by atoms with Gasteiger partial charge in [0.15, 0.2) is 0 Å². The second-order valence-electron chi connectivity index (χ2n) is 3.88. The summed E-state index contributed by atoms with van der Waals surface area (Å²) in [4.78, 5) is 3.00. The summed E-state index contributed by atoms with van der Waals surface area (Å²) in [6.45, 7) is 2.81. The van der Waals surface area contributed by atoms with E-state index in [4.69, 9.17) is 0 Å². The van der Waals surface area contributed by atoms with Gasteiger partial charge in [-0.3, -0.25) is 0 Å². The van der Waals surface area contributed by atoms with Crippen LogP contribution in [0.4, 0.5) is 4.39 Å². The Balaban J connectivity index is 1.95. The molecule has 0 saturated carbocycles. The highest BCUT2D eigenvalue weighted by atomic mass is 19.1. The van der Waals surface area contributed by atoms with Crippen molar-refractivity contribution >= 4 is 0 Å². The third-order valence-electron chi connectivity index (χ3n) is 2.62. The molecule has 3 heteroatoms. The molecule has 0 fully saturated rings. The number of benzene rings is 1. The Morgan fingerprint density at radius 2 is 2.25 bits per heavy atom. The predicted octanol–water partition coefficient (Wildman–Crippen LogP) is 3.00. The fourth-order valence-electron chi connectivity index (χ4n) is 1.63. The summed E-state index contributed by atoms with van der Waals surface area (Å²) in [5, 5.41) is 3.34. The van der Waals surface area contributed by atoms with E-state index in [9.17, 15) is 4.39 Å². The smallest absolute Gasteiger partial charge is 0.123 e. The van der Waals surface area contributed by atoms with Crippen LogP contribution in [0.15, 0.2) is 42.7 Å². The number of nitrogens with one attached hydrogen (secondary N) is 2. The lowest BCUT2D eigenvalue weighted by atomic mass is 10.1. The van der Waals surface area contributed by atoms with Gasteiger partial charge in [0, 0.05) is 25.0 Å². The molecule has 84 valence electrons. The summed E-state index contributed by atoms with van der Waals surface area (Å²) < 4.78 is 13.0. The third kappa shape index (κ3) is 2.70. The summed E-state index contributed by atoms with van der Waals surface area (Å²) in [5.41, 5.74) is 2.17. The first kappa shape index (κ1) is 10.9. The SMILES string of the molecule is C[C@@H](NCc1cc[nH]c1)c1cccc(F)c1. The first-order valence-corrected chi connectivity index (χ1v) is 5.36. The maximum absolute atomic E-state index is 13.0. The van der Waals surface area contributed by atoms with Crippen molar-refractivity contribution in [3.63, 3.8) is 0 Å². The van der Waals surface area contributed by atoms with Crippen molar-refractivity contribution in [2.45, 2.75) is 19.5 Å². The summed E-state index contributed by atoms with van der Waals surface area (Å²) in [5.74, 6) is -0.187. The molecule has 0 aliphatic carbocycles. The van der Waals surface area contributed by atoms with E-state index in [0.717, 1.165) is 12.1 Å². The van der Waals surface area contributed by atoms with Crippen molar-refractivity contribution in [2.24, 2.45) is 0 Å². The molecule has 1 aromatic carbocycles. The molecule has 0 saturated heterocycles. The number of hydrogen-bond acceptors (Lipinski definition) is 1. The molecule has 1 atom stereocenters. The number of aromatic nitrogens is 1. The normalized spacial score (nSPS) is 12.6. The van der Waals surface area contributed by atoms with Crippen LogP contribution >= 0.6 is 0 Å². The molecular formula is C13H15FN2. The van der Waals surface area contributed by atoms with E-state index in [2.05, 4.69) is 10.3 Å². The van der Waals surface area contributed by atoms with Crippen LogP contribution in [0.5, 0.6) is 0 Å². The highest BCUT2D eigenvalue weighted by molar-refractivity contribution is 5.20. The second kappa shape index (κ2) is 4.94. The molecule has 16 heavy (non-hydrogen) atoms. The topological polar surface area (TPSA) is 27.8 Å². The van der Waals surface area contributed by atoms with Crippen LogP contribution in [-0.2, 0) is 6.54 Å². The summed E-state index contributed by atoms with van der Waals surface area (Å²) in [6.07, 6.45) is 3.84. The average Bonchev–Trinajstić information content (AvgIpc) is 2.78. The lowest BCUT2D eigenvalue weighted by Crippen LogP contribution is -2.17. The average molecular weight is 218 g/mol. The summed E-state index contributed by atoms with van der Waals surface area (Å²) in [7, 11) is 0. The molecule has 2 nitrogen and oxygen atoms in total. The maximum atomic E-state index is 13.0. The largest absolute Gasteiger partial charge is 0.367 e. The molecule has 0 unspecified atom stereocenters. The third-order valence-corrected chi connectivity index (χ3v) is 2.62. The van der Waals surface area contributed by atoms with Gasteiger partial charge in [-0.05, 0) is 36.2 Å². The summed E-state index contributed by atoms with van der Waals surface area (Å²) in [6, 6.07) is 8.85. The standard InChI is InChI=1S/C13H15FN2/c1-10(12-3-2-4-13(14)7-12)16-9-11-5-6-15-8-11/h2-8,10,15-16H,9H2,1H3/t10-/m1/s1. The van der Waals surface area contributed by atoms with E-state index < -0.39 is 0 Å². The Hall–Kier alpha value is -1.61. The van der Waals surface area contributed by atoms with E-state index in [1.165, 1.54) is 11.6 Å². The van der Waals surface area contributed by atoms with E-state index in [1.54, 1.807) is 12.1 Å². The molecule has 0 spiro atoms. The highest BCUT2D eigenvalue weighted by Gasteiger charge is 2.05. The molecule has 0 aliphatic rings. The zero-order chi connectivity index (χ0) is 11.4. The molecule has 1 heterocycles. The van der Waals surface area contributed by atoms with Gasteiger partial charge in [0.1, 0.15) is 5.82 Å². The quantitative estimate of drug-likeness (QED) is 0.811. The van der Waals surface area contributed by atoms with Crippen LogP contribution in [0.1, 0.15) is 24.1 Å². The van der Waals surface area contributed by atoms with Gasteiger partial charge in [0.05, 0.1) is 0 Å². The maximum Gasteiger partial charge on any atom is 0.123 e. The van der Waals surface area contributed by atoms with Crippen molar-refractivity contribution in [2.75, 3.05) is 0 Å². The van der Waals surface area contributed by atoms with Crippen LogP contribution in [0, 0.1) is 5.82 Å². The number of hydrogen-bond donors (Lipinski definition) is 2. The number of H-pyrrole nitrogens is 1. The second-order valence-corrected chi connectivity index (χ2v) is 3.88. The van der Waals surface area contributed by atoms with Crippen LogP contribution in [-0.4, -0.2) is 4.98 Å². The Morgan fingerprint density at radius 1 is 1.38 bits per heavy atom. The number of halogens is 1. The van der Waals surface area contributed by atoms with Gasteiger partial charge in [0.25, 0.3) is 0 Å². The minimum Gasteiger partial charge on any atom is -0.367 e. The summed E-state index contributed by atoms with van der Waals surface area (Å²) >= 11 is 0. The van der Waals surface area contributed by atoms with Gasteiger partial charge < -0.3 is 10.3 Å². The van der Waals surface area contributed by atoms with Gasteiger partial charge in [-0.1, -0.05) is 12.1 Å². The molecule has 2 aromatic rings. The molecule has 0 aliphatic heterocycles. The molecule has 2 N–H and O–H groups in total. The van der Waals surface area contributed by atoms with Gasteiger partial charge >= 0.3 is 0 Å². The van der Waals surface area contributed by atoms with Crippen molar-refractivity contribution in [1.29, 1.82) is 0 Å². The fourth-order valence-corrected chi connectivity index (χ4v) is 1.63. The first-order valence-electron chi connectivity index (χ1n) is 5.36. The van der Waals surface area contributed by atoms with Crippen LogP contribution in [0.2, 0.25) is 0 Å². The van der Waals surface area contributed by atoms with E-state index >= 15 is 0 Å². The molecule has 2 rings (SSSR count). The van der Waals surface area contributed by atoms with Gasteiger partial charge in [-0.15, -0.1) is 0 Å². The van der Waals surface area contributed by atoms with Gasteiger partial charge in [-0.2, -0.15) is 0 Å². The van der Waals surface area contributed by atoms with Crippen LogP contribution < -0.4 is 5.32 Å². The van der Waals surface area contributed by atoms with Gasteiger partial charge in [0.2, 0.25) is 0 Å². The van der Waals surface area contributed by atoms with Crippen LogP contribution in [0.25, 0.3) is 0 Å². The Morgan fingerprint density at radius 3 is 2.94 bits per heavy atom. The molecular weight excluding hydrogens is 203 g/mol. The Kier molecular flexibility index (Phi) is 3.37. The monoisotopic (exact) mass is 218 g/mol. The minimum absolute atomic E-state index is 0.144. The van der Waals surface area contributed by atoms with Crippen molar-refractivity contribution in [3.05, 3.63) is 59.7 Å². The van der Waals surface area contributed by atoms with Crippen LogP contribution in [0.3, 0.4) is 0 Å². The zero-order valence-corrected chi connectivity index (χ0v) is 9.20. The highest BCUT2D eigenvalue weighted by Crippen LogP contribution is 2.14. The fraction of sp³-hybridized carbons (Fsp3) is 0.231. The van der Waals surface area contributed by atoms with Crippen molar-refractivity contribution in [1.82, 2.24) is 10.3 Å². The lowest BCUT2D eigenvalue weighted by molar-refractivity contribution is 0.565. The molecule has 1 aromatic heterocycles. The Labute approximate surface area is 94.5 Å². The zero-order valence-electron chi connectivity index (χ0n) is 9.20. The van der Waals surface area contributed by atoms with E-state index in [-0.39, 0.29) is 11.9 Å². The molecule has 0 bridgehead atoms. The van der Waals surface area contributed by atoms with Crippen molar-refractivity contribution in [3.8, 4) is 0 Å². The van der Waals surface area contributed by atoms with Gasteiger partial charge in [-0.25, -0.2) is 4.39 Å². The number of aromatic amines is 1.